The molecule has 0 bridgehead atoms. The summed E-state index contributed by atoms with van der Waals surface area (Å²) >= 11 is 0. The molecule has 0 saturated carbocycles. The van der Waals surface area contributed by atoms with Gasteiger partial charge in [0.2, 0.25) is 0 Å². The minimum absolute atomic E-state index is 0.613. The van der Waals surface area contributed by atoms with Crippen molar-refractivity contribution in [2.75, 3.05) is 26.7 Å². The molecule has 3 nitrogen and oxygen atoms in total. The number of β-amino-alcohol motifs (C(OH)–C–C–N with tert-alkyl or cyclic N) is 1. The topological polar surface area (TPSA) is 35.5 Å². The SMILES string of the molecule is CN1C=CC(C2(O)CCNC2)=CC1. The second-order valence-corrected chi connectivity index (χ2v) is 3.87. The normalized spacial score (nSPS) is 33.7. The highest BCUT2D eigenvalue weighted by Crippen LogP contribution is 2.26. The van der Waals surface area contributed by atoms with Gasteiger partial charge in [0.15, 0.2) is 0 Å². The van der Waals surface area contributed by atoms with Gasteiger partial charge < -0.3 is 15.3 Å². The highest BCUT2D eigenvalue weighted by Gasteiger charge is 2.34. The van der Waals surface area contributed by atoms with Crippen LogP contribution < -0.4 is 5.32 Å². The summed E-state index contributed by atoms with van der Waals surface area (Å²) < 4.78 is 0. The number of likely N-dealkylation sites (N-methyl/N-ethyl adjacent to an activating group) is 1. The van der Waals surface area contributed by atoms with E-state index < -0.39 is 5.60 Å². The van der Waals surface area contributed by atoms with Crippen molar-refractivity contribution in [3.63, 3.8) is 0 Å². The van der Waals surface area contributed by atoms with Gasteiger partial charge in [-0.15, -0.1) is 0 Å². The second kappa shape index (κ2) is 3.16. The Morgan fingerprint density at radius 1 is 1.62 bits per heavy atom. The summed E-state index contributed by atoms with van der Waals surface area (Å²) in [6.07, 6.45) is 6.96. The van der Waals surface area contributed by atoms with Crippen LogP contribution in [0.2, 0.25) is 0 Å². The third-order valence-electron chi connectivity index (χ3n) is 2.78. The number of nitrogens with one attached hydrogen (secondary N) is 1. The number of nitrogens with zero attached hydrogens (tertiary/aromatic N) is 1. The summed E-state index contributed by atoms with van der Waals surface area (Å²) in [6, 6.07) is 0. The molecule has 0 amide bonds. The molecule has 72 valence electrons. The molecule has 0 aromatic rings. The van der Waals surface area contributed by atoms with E-state index in [1.54, 1.807) is 0 Å². The van der Waals surface area contributed by atoms with Crippen LogP contribution in [0, 0.1) is 0 Å². The molecular weight excluding hydrogens is 164 g/mol. The molecular formula is C10H16N2O. The van der Waals surface area contributed by atoms with Crippen molar-refractivity contribution in [2.24, 2.45) is 0 Å². The first-order valence-corrected chi connectivity index (χ1v) is 4.73. The van der Waals surface area contributed by atoms with Crippen molar-refractivity contribution in [3.8, 4) is 0 Å². The van der Waals surface area contributed by atoms with Crippen LogP contribution >= 0.6 is 0 Å². The van der Waals surface area contributed by atoms with E-state index >= 15 is 0 Å². The van der Waals surface area contributed by atoms with Crippen LogP contribution in [0.3, 0.4) is 0 Å². The lowest BCUT2D eigenvalue weighted by Gasteiger charge is -2.27. The zero-order valence-electron chi connectivity index (χ0n) is 7.95. The Balaban J connectivity index is 2.13. The van der Waals surface area contributed by atoms with Crippen molar-refractivity contribution in [2.45, 2.75) is 12.0 Å². The van der Waals surface area contributed by atoms with Gasteiger partial charge in [0.25, 0.3) is 0 Å². The van der Waals surface area contributed by atoms with E-state index in [0.717, 1.165) is 25.1 Å². The molecule has 3 heteroatoms. The first-order chi connectivity index (χ1) is 6.21. The molecule has 0 aromatic carbocycles. The second-order valence-electron chi connectivity index (χ2n) is 3.87. The Kier molecular flexibility index (Phi) is 2.14. The van der Waals surface area contributed by atoms with Gasteiger partial charge in [0.05, 0.1) is 0 Å². The molecule has 2 aliphatic heterocycles. The maximum atomic E-state index is 10.2. The van der Waals surface area contributed by atoms with Gasteiger partial charge >= 0.3 is 0 Å². The predicted molar refractivity (Wildman–Crippen MR) is 52.3 cm³/mol. The summed E-state index contributed by atoms with van der Waals surface area (Å²) in [5.74, 6) is 0. The first kappa shape index (κ1) is 8.78. The number of hydrogen-bond donors (Lipinski definition) is 2. The van der Waals surface area contributed by atoms with Gasteiger partial charge in [0.1, 0.15) is 5.60 Å². The van der Waals surface area contributed by atoms with E-state index in [0.29, 0.717) is 6.54 Å². The highest BCUT2D eigenvalue weighted by molar-refractivity contribution is 5.33. The lowest BCUT2D eigenvalue weighted by atomic mass is 9.91. The maximum Gasteiger partial charge on any atom is 0.103 e. The zero-order chi connectivity index (χ0) is 9.31. The average Bonchev–Trinajstić information content (AvgIpc) is 2.54. The fourth-order valence-electron chi connectivity index (χ4n) is 1.85. The number of rotatable bonds is 1. The summed E-state index contributed by atoms with van der Waals surface area (Å²) in [5.41, 5.74) is 0.452. The fraction of sp³-hybridized carbons (Fsp3) is 0.600. The van der Waals surface area contributed by atoms with Crippen molar-refractivity contribution in [3.05, 3.63) is 23.9 Å². The molecule has 0 radical (unpaired) electrons. The molecule has 1 atom stereocenters. The quantitative estimate of drug-likeness (QED) is 0.600. The van der Waals surface area contributed by atoms with Crippen LogP contribution in [-0.4, -0.2) is 42.3 Å². The molecule has 0 spiro atoms. The first-order valence-electron chi connectivity index (χ1n) is 4.73. The van der Waals surface area contributed by atoms with Gasteiger partial charge in [-0.2, -0.15) is 0 Å². The zero-order valence-corrected chi connectivity index (χ0v) is 7.95. The molecule has 13 heavy (non-hydrogen) atoms. The Bertz CT molecular complexity index is 252. The van der Waals surface area contributed by atoms with E-state index in [1.165, 1.54) is 0 Å². The molecule has 2 heterocycles. The minimum atomic E-state index is -0.613. The van der Waals surface area contributed by atoms with E-state index in [1.807, 2.05) is 19.3 Å². The van der Waals surface area contributed by atoms with Crippen LogP contribution in [0.1, 0.15) is 6.42 Å². The van der Waals surface area contributed by atoms with Crippen LogP contribution in [0.4, 0.5) is 0 Å². The van der Waals surface area contributed by atoms with Gasteiger partial charge in [-0.25, -0.2) is 0 Å². The Morgan fingerprint density at radius 3 is 3.00 bits per heavy atom. The third-order valence-corrected chi connectivity index (χ3v) is 2.78. The summed E-state index contributed by atoms with van der Waals surface area (Å²) in [7, 11) is 2.03. The van der Waals surface area contributed by atoms with Crippen LogP contribution in [0.15, 0.2) is 23.9 Å². The molecule has 1 unspecified atom stereocenters. The van der Waals surface area contributed by atoms with Crippen LogP contribution in [0.5, 0.6) is 0 Å². The molecule has 1 fully saturated rings. The monoisotopic (exact) mass is 180 g/mol. The van der Waals surface area contributed by atoms with Crippen molar-refractivity contribution >= 4 is 0 Å². The lowest BCUT2D eigenvalue weighted by Crippen LogP contribution is -2.34. The predicted octanol–water partition coefficient (Wildman–Crippen LogP) is 0.0963. The largest absolute Gasteiger partial charge is 0.384 e. The van der Waals surface area contributed by atoms with E-state index in [4.69, 9.17) is 0 Å². The average molecular weight is 180 g/mol. The number of hydrogen-bond acceptors (Lipinski definition) is 3. The van der Waals surface area contributed by atoms with Crippen LogP contribution in [0.25, 0.3) is 0 Å². The molecule has 0 aliphatic carbocycles. The van der Waals surface area contributed by atoms with Crippen molar-refractivity contribution in [1.29, 1.82) is 0 Å². The van der Waals surface area contributed by atoms with E-state index in [2.05, 4.69) is 16.3 Å². The van der Waals surface area contributed by atoms with Gasteiger partial charge in [-0.1, -0.05) is 6.08 Å². The maximum absolute atomic E-state index is 10.2. The standard InChI is InChI=1S/C10H16N2O/c1-12-6-2-9(3-7-12)10(13)4-5-11-8-10/h2-3,6,11,13H,4-5,7-8H2,1H3. The van der Waals surface area contributed by atoms with E-state index in [9.17, 15) is 5.11 Å². The fourth-order valence-corrected chi connectivity index (χ4v) is 1.85. The highest BCUT2D eigenvalue weighted by atomic mass is 16.3. The van der Waals surface area contributed by atoms with Gasteiger partial charge in [-0.05, 0) is 30.8 Å². The Labute approximate surface area is 78.7 Å². The third kappa shape index (κ3) is 1.62. The minimum Gasteiger partial charge on any atom is -0.384 e. The Hall–Kier alpha value is -0.800. The molecule has 2 N–H and O–H groups in total. The van der Waals surface area contributed by atoms with Crippen molar-refractivity contribution in [1.82, 2.24) is 10.2 Å². The molecule has 2 aliphatic rings. The molecule has 2 rings (SSSR count). The molecule has 0 aromatic heterocycles. The van der Waals surface area contributed by atoms with E-state index in [-0.39, 0.29) is 0 Å². The number of aliphatic hydroxyl groups is 1. The van der Waals surface area contributed by atoms with Gasteiger partial charge in [0, 0.05) is 20.1 Å². The smallest absolute Gasteiger partial charge is 0.103 e. The summed E-state index contributed by atoms with van der Waals surface area (Å²) in [5, 5.41) is 13.4. The molecule has 1 saturated heterocycles. The van der Waals surface area contributed by atoms with Crippen LogP contribution in [-0.2, 0) is 0 Å². The summed E-state index contributed by atoms with van der Waals surface area (Å²) in [4.78, 5) is 2.09. The Morgan fingerprint density at radius 2 is 2.46 bits per heavy atom. The van der Waals surface area contributed by atoms with Crippen molar-refractivity contribution < 1.29 is 5.11 Å². The summed E-state index contributed by atoms with van der Waals surface area (Å²) in [6.45, 7) is 2.50. The lowest BCUT2D eigenvalue weighted by molar-refractivity contribution is 0.103. The van der Waals surface area contributed by atoms with Gasteiger partial charge in [-0.3, -0.25) is 0 Å².